The maximum absolute atomic E-state index is 12.4. The molecule has 0 heterocycles. The van der Waals surface area contributed by atoms with E-state index in [9.17, 15) is 9.18 Å². The van der Waals surface area contributed by atoms with Crippen molar-refractivity contribution in [2.75, 3.05) is 14.2 Å². The van der Waals surface area contributed by atoms with Gasteiger partial charge in [0.1, 0.15) is 11.7 Å². The van der Waals surface area contributed by atoms with Crippen LogP contribution in [0.1, 0.15) is 12.8 Å². The van der Waals surface area contributed by atoms with Crippen LogP contribution < -0.4 is 5.32 Å². The Balaban J connectivity index is 2.57. The quantitative estimate of drug-likeness (QED) is 0.588. The Morgan fingerprint density at radius 3 is 2.55 bits per heavy atom. The molecule has 1 aliphatic carbocycles. The SMILES string of the molecule is CN[C@]1(C(=O)OC)C[C@@H]([18F])C1. The minimum Gasteiger partial charge on any atom is -0.468 e. The second kappa shape index (κ2) is 2.77. The Hall–Kier alpha value is -0.640. The number of esters is 1. The number of halogens is 1. The Labute approximate surface area is 64.9 Å². The third kappa shape index (κ3) is 1.22. The van der Waals surface area contributed by atoms with Gasteiger partial charge in [0.15, 0.2) is 0 Å². The van der Waals surface area contributed by atoms with E-state index in [-0.39, 0.29) is 18.8 Å². The van der Waals surface area contributed by atoms with Gasteiger partial charge in [-0.3, -0.25) is 4.79 Å². The normalized spacial score (nSPS) is 36.1. The molecule has 0 atom stereocenters. The molecule has 64 valence electrons. The van der Waals surface area contributed by atoms with Crippen molar-refractivity contribution in [1.82, 2.24) is 5.32 Å². The third-order valence-electron chi connectivity index (χ3n) is 2.19. The molecule has 4 heteroatoms. The molecular weight excluding hydrogens is 148 g/mol. The average molecular weight is 160 g/mol. The number of ether oxygens (including phenoxy) is 1. The Morgan fingerprint density at radius 2 is 2.27 bits per heavy atom. The number of hydrogen-bond donors (Lipinski definition) is 1. The van der Waals surface area contributed by atoms with Gasteiger partial charge in [0.2, 0.25) is 0 Å². The summed E-state index contributed by atoms with van der Waals surface area (Å²) in [7, 11) is 2.95. The summed E-state index contributed by atoms with van der Waals surface area (Å²) in [5.74, 6) is -0.367. The van der Waals surface area contributed by atoms with Crippen LogP contribution in [0, 0.1) is 0 Å². The summed E-state index contributed by atoms with van der Waals surface area (Å²) in [6.07, 6.45) is -0.395. The highest BCUT2D eigenvalue weighted by Gasteiger charge is 2.50. The van der Waals surface area contributed by atoms with Gasteiger partial charge in [-0.25, -0.2) is 4.39 Å². The van der Waals surface area contributed by atoms with Crippen molar-refractivity contribution < 1.29 is 13.9 Å². The molecule has 0 aliphatic heterocycles. The van der Waals surface area contributed by atoms with E-state index in [0.717, 1.165) is 0 Å². The summed E-state index contributed by atoms with van der Waals surface area (Å²) in [5.41, 5.74) is -0.742. The van der Waals surface area contributed by atoms with Gasteiger partial charge in [0, 0.05) is 12.8 Å². The van der Waals surface area contributed by atoms with Crippen molar-refractivity contribution in [3.63, 3.8) is 0 Å². The number of hydrogen-bond acceptors (Lipinski definition) is 3. The predicted molar refractivity (Wildman–Crippen MR) is 37.9 cm³/mol. The van der Waals surface area contributed by atoms with Crippen LogP contribution >= 0.6 is 0 Å². The third-order valence-corrected chi connectivity index (χ3v) is 2.19. The molecule has 0 saturated heterocycles. The van der Waals surface area contributed by atoms with Crippen molar-refractivity contribution in [3.05, 3.63) is 0 Å². The van der Waals surface area contributed by atoms with Gasteiger partial charge < -0.3 is 10.1 Å². The number of rotatable bonds is 2. The van der Waals surface area contributed by atoms with Crippen LogP contribution in [0.3, 0.4) is 0 Å². The van der Waals surface area contributed by atoms with Crippen LogP contribution in [0.2, 0.25) is 0 Å². The lowest BCUT2D eigenvalue weighted by atomic mass is 9.75. The van der Waals surface area contributed by atoms with Crippen molar-refractivity contribution in [1.29, 1.82) is 0 Å². The van der Waals surface area contributed by atoms with E-state index in [4.69, 9.17) is 0 Å². The van der Waals surface area contributed by atoms with Gasteiger partial charge in [-0.05, 0) is 7.05 Å². The minimum absolute atomic E-state index is 0.232. The van der Waals surface area contributed by atoms with Crippen LogP contribution in [-0.4, -0.2) is 31.8 Å². The van der Waals surface area contributed by atoms with Crippen LogP contribution in [0.25, 0.3) is 0 Å². The molecule has 0 amide bonds. The summed E-state index contributed by atoms with van der Waals surface area (Å²) in [6, 6.07) is 0. The highest BCUT2D eigenvalue weighted by molar-refractivity contribution is 5.82. The van der Waals surface area contributed by atoms with Gasteiger partial charge in [-0.1, -0.05) is 0 Å². The van der Waals surface area contributed by atoms with Gasteiger partial charge in [0.25, 0.3) is 0 Å². The molecule has 0 bridgehead atoms. The first kappa shape index (κ1) is 8.46. The van der Waals surface area contributed by atoms with E-state index < -0.39 is 11.7 Å². The van der Waals surface area contributed by atoms with Crippen LogP contribution in [-0.2, 0) is 9.53 Å². The zero-order valence-corrected chi connectivity index (χ0v) is 6.69. The molecule has 0 spiro atoms. The van der Waals surface area contributed by atoms with Crippen LogP contribution in [0.5, 0.6) is 0 Å². The topological polar surface area (TPSA) is 38.3 Å². The molecule has 1 rings (SSSR count). The molecule has 0 unspecified atom stereocenters. The van der Waals surface area contributed by atoms with Gasteiger partial charge >= 0.3 is 5.97 Å². The van der Waals surface area contributed by atoms with E-state index in [0.29, 0.717) is 0 Å². The summed E-state index contributed by atoms with van der Waals surface area (Å²) in [5, 5.41) is 2.78. The lowest BCUT2D eigenvalue weighted by Crippen LogP contribution is -2.60. The van der Waals surface area contributed by atoms with E-state index in [1.807, 2.05) is 0 Å². The number of nitrogens with one attached hydrogen (secondary N) is 1. The minimum atomic E-state index is -0.860. The van der Waals surface area contributed by atoms with E-state index in [2.05, 4.69) is 10.1 Å². The van der Waals surface area contributed by atoms with Gasteiger partial charge in [-0.15, -0.1) is 0 Å². The number of methoxy groups -OCH3 is 1. The maximum Gasteiger partial charge on any atom is 0.326 e. The fraction of sp³-hybridized carbons (Fsp3) is 0.857. The molecule has 0 aromatic heterocycles. The molecular formula is C7H12FNO2. The Bertz CT molecular complexity index is 166. The molecule has 1 aliphatic rings. The van der Waals surface area contributed by atoms with Gasteiger partial charge in [-0.2, -0.15) is 0 Å². The second-order valence-electron chi connectivity index (χ2n) is 2.83. The summed E-state index contributed by atoms with van der Waals surface area (Å²) in [4.78, 5) is 11.0. The highest BCUT2D eigenvalue weighted by atomic mass is 18.2. The molecule has 1 N–H and O–H groups in total. The smallest absolute Gasteiger partial charge is 0.326 e. The van der Waals surface area contributed by atoms with Crippen LogP contribution in [0.15, 0.2) is 0 Å². The molecule has 0 radical (unpaired) electrons. The first-order valence-corrected chi connectivity index (χ1v) is 3.56. The number of alkyl halides is 1. The lowest BCUT2D eigenvalue weighted by Gasteiger charge is -2.40. The zero-order valence-electron chi connectivity index (χ0n) is 6.69. The van der Waals surface area contributed by atoms with E-state index in [1.165, 1.54) is 7.11 Å². The summed E-state index contributed by atoms with van der Waals surface area (Å²) < 4.78 is 17.0. The number of carbonyl (C=O) groups excluding carboxylic acids is 1. The molecule has 11 heavy (non-hydrogen) atoms. The standard InChI is InChI=1S/C7H12FNO2/c1-9-7(6(10)11-2)3-5(8)4-7/h5,9H,3-4H2,1-2H3/t5-,7-/i8-1. The monoisotopic (exact) mass is 160 g/mol. The Morgan fingerprint density at radius 1 is 1.73 bits per heavy atom. The van der Waals surface area contributed by atoms with E-state index >= 15 is 0 Å². The van der Waals surface area contributed by atoms with Crippen molar-refractivity contribution in [3.8, 4) is 0 Å². The summed E-state index contributed by atoms with van der Waals surface area (Å²) in [6.45, 7) is 0. The lowest BCUT2D eigenvalue weighted by molar-refractivity contribution is -0.155. The van der Waals surface area contributed by atoms with E-state index in [1.54, 1.807) is 7.05 Å². The number of carbonyl (C=O) groups is 1. The molecule has 1 saturated carbocycles. The van der Waals surface area contributed by atoms with Crippen LogP contribution in [0.4, 0.5) is 4.39 Å². The fourth-order valence-corrected chi connectivity index (χ4v) is 1.36. The molecule has 1 fully saturated rings. The predicted octanol–water partition coefficient (Wildman–Crippen LogP) is 0.249. The molecule has 0 aromatic carbocycles. The first-order chi connectivity index (χ1) is 5.14. The maximum atomic E-state index is 12.4. The average Bonchev–Trinajstić information content (AvgIpc) is 1.96. The van der Waals surface area contributed by atoms with Gasteiger partial charge in [0.05, 0.1) is 7.11 Å². The molecule has 0 aromatic rings. The fourth-order valence-electron chi connectivity index (χ4n) is 1.36. The first-order valence-electron chi connectivity index (χ1n) is 3.56. The largest absolute Gasteiger partial charge is 0.468 e. The Kier molecular flexibility index (Phi) is 2.13. The van der Waals surface area contributed by atoms with Crippen molar-refractivity contribution in [2.24, 2.45) is 0 Å². The molecule has 3 nitrogen and oxygen atoms in total. The van der Waals surface area contributed by atoms with Crippen molar-refractivity contribution in [2.45, 2.75) is 24.6 Å². The second-order valence-corrected chi connectivity index (χ2v) is 2.83. The highest BCUT2D eigenvalue weighted by Crippen LogP contribution is 2.35. The number of likely N-dealkylation sites (N-methyl/N-ethyl adjacent to an activating group) is 1. The summed E-state index contributed by atoms with van der Waals surface area (Å²) >= 11 is 0. The van der Waals surface area contributed by atoms with Crippen molar-refractivity contribution >= 4 is 5.97 Å². The zero-order chi connectivity index (χ0) is 8.48.